The summed E-state index contributed by atoms with van der Waals surface area (Å²) in [6, 6.07) is 10.00. The number of cyclic esters (lactones) is 1. The smallest absolute Gasteiger partial charge is 0.307 e. The molecule has 0 bridgehead atoms. The largest absolute Gasteiger partial charge is 0.466 e. The average Bonchev–Trinajstić information content (AvgIpc) is 3.47. The molecule has 0 radical (unpaired) electrons. The monoisotopic (exact) mass is 432 g/mol. The van der Waals surface area contributed by atoms with Crippen LogP contribution in [0.2, 0.25) is 0 Å². The first-order valence-corrected chi connectivity index (χ1v) is 10.8. The summed E-state index contributed by atoms with van der Waals surface area (Å²) in [5.74, 6) is 0.754. The van der Waals surface area contributed by atoms with E-state index in [0.717, 1.165) is 28.7 Å². The predicted molar refractivity (Wildman–Crippen MR) is 118 cm³/mol. The van der Waals surface area contributed by atoms with Crippen LogP contribution < -0.4 is 5.32 Å². The van der Waals surface area contributed by atoms with Crippen LogP contribution in [0.4, 0.5) is 5.69 Å². The molecule has 2 unspecified atom stereocenters. The van der Waals surface area contributed by atoms with E-state index in [1.807, 2.05) is 48.9 Å². The van der Waals surface area contributed by atoms with Gasteiger partial charge in [-0.3, -0.25) is 4.79 Å². The summed E-state index contributed by atoms with van der Waals surface area (Å²) < 4.78 is 12.6. The van der Waals surface area contributed by atoms with Crippen molar-refractivity contribution >= 4 is 22.7 Å². The molecule has 1 aromatic carbocycles. The highest BCUT2D eigenvalue weighted by atomic mass is 16.5. The lowest BCUT2D eigenvalue weighted by molar-refractivity contribution is -0.147. The van der Waals surface area contributed by atoms with Crippen LogP contribution in [0.15, 0.2) is 47.2 Å². The maximum absolute atomic E-state index is 11.8. The summed E-state index contributed by atoms with van der Waals surface area (Å²) in [7, 11) is 0. The van der Waals surface area contributed by atoms with Crippen LogP contribution in [0.1, 0.15) is 44.0 Å². The lowest BCUT2D eigenvalue weighted by atomic mass is 10.0. The summed E-state index contributed by atoms with van der Waals surface area (Å²) in [4.78, 5) is 21.1. The number of carbonyl (C=O) groups is 1. The SMILES string of the molecule is CCn1ncc2c(NC3CCOC(=O)C3)c(-c3nc(C(C)c4ccccc4)no3)cnc21. The Morgan fingerprint density at radius 3 is 2.88 bits per heavy atom. The zero-order valence-corrected chi connectivity index (χ0v) is 18.0. The number of nitrogens with one attached hydrogen (secondary N) is 1. The van der Waals surface area contributed by atoms with E-state index < -0.39 is 0 Å². The van der Waals surface area contributed by atoms with Gasteiger partial charge in [-0.05, 0) is 12.5 Å². The number of aryl methyl sites for hydroxylation is 1. The minimum atomic E-state index is -0.207. The Balaban J connectivity index is 1.55. The van der Waals surface area contributed by atoms with Gasteiger partial charge in [-0.25, -0.2) is 9.67 Å². The van der Waals surface area contributed by atoms with Gasteiger partial charge in [0.15, 0.2) is 11.5 Å². The Hall–Kier alpha value is -3.75. The van der Waals surface area contributed by atoms with E-state index in [9.17, 15) is 4.79 Å². The van der Waals surface area contributed by atoms with Crippen LogP contribution in [0.25, 0.3) is 22.5 Å². The summed E-state index contributed by atoms with van der Waals surface area (Å²) in [6.07, 6.45) is 4.52. The van der Waals surface area contributed by atoms with Crippen LogP contribution in [-0.4, -0.2) is 43.5 Å². The fraction of sp³-hybridized carbons (Fsp3) is 0.348. The molecule has 0 spiro atoms. The van der Waals surface area contributed by atoms with Crippen LogP contribution in [0.3, 0.4) is 0 Å². The molecule has 4 aromatic rings. The van der Waals surface area contributed by atoms with E-state index >= 15 is 0 Å². The Bertz CT molecular complexity index is 1250. The average molecular weight is 432 g/mol. The van der Waals surface area contributed by atoms with Gasteiger partial charge in [0.1, 0.15) is 0 Å². The van der Waals surface area contributed by atoms with Crippen molar-refractivity contribution in [3.8, 4) is 11.5 Å². The molecule has 9 heteroatoms. The molecule has 0 aliphatic carbocycles. The topological polar surface area (TPSA) is 108 Å². The van der Waals surface area contributed by atoms with E-state index in [-0.39, 0.29) is 17.9 Å². The molecule has 3 aromatic heterocycles. The zero-order valence-electron chi connectivity index (χ0n) is 18.0. The van der Waals surface area contributed by atoms with Crippen LogP contribution >= 0.6 is 0 Å². The molecule has 32 heavy (non-hydrogen) atoms. The number of esters is 1. The number of rotatable bonds is 6. The molecule has 1 N–H and O–H groups in total. The highest BCUT2D eigenvalue weighted by Crippen LogP contribution is 2.35. The quantitative estimate of drug-likeness (QED) is 0.459. The summed E-state index contributed by atoms with van der Waals surface area (Å²) in [5.41, 5.74) is 3.34. The molecule has 9 nitrogen and oxygen atoms in total. The van der Waals surface area contributed by atoms with Crippen LogP contribution in [-0.2, 0) is 16.1 Å². The first kappa shape index (κ1) is 20.2. The first-order valence-electron chi connectivity index (χ1n) is 10.8. The van der Waals surface area contributed by atoms with Gasteiger partial charge in [-0.1, -0.05) is 42.4 Å². The maximum atomic E-state index is 11.8. The van der Waals surface area contributed by atoms with Gasteiger partial charge in [-0.15, -0.1) is 0 Å². The van der Waals surface area contributed by atoms with E-state index in [1.165, 1.54) is 0 Å². The Morgan fingerprint density at radius 1 is 1.25 bits per heavy atom. The molecule has 1 aliphatic rings. The fourth-order valence-corrected chi connectivity index (χ4v) is 3.99. The minimum absolute atomic E-state index is 0.0160. The molecule has 1 aliphatic heterocycles. The molecular weight excluding hydrogens is 408 g/mol. The van der Waals surface area contributed by atoms with E-state index in [2.05, 4.69) is 25.5 Å². The number of ether oxygens (including phenoxy) is 1. The molecule has 1 fully saturated rings. The van der Waals surface area contributed by atoms with Gasteiger partial charge in [0.2, 0.25) is 0 Å². The van der Waals surface area contributed by atoms with Crippen molar-refractivity contribution < 1.29 is 14.1 Å². The normalized spacial score (nSPS) is 17.3. The summed E-state index contributed by atoms with van der Waals surface area (Å²) >= 11 is 0. The van der Waals surface area contributed by atoms with Gasteiger partial charge in [0.25, 0.3) is 5.89 Å². The van der Waals surface area contributed by atoms with Gasteiger partial charge >= 0.3 is 5.97 Å². The number of benzene rings is 1. The van der Waals surface area contributed by atoms with E-state index in [1.54, 1.807) is 12.4 Å². The molecular formula is C23H24N6O3. The summed E-state index contributed by atoms with van der Waals surface area (Å²) in [5, 5.41) is 13.0. The van der Waals surface area contributed by atoms with Crippen molar-refractivity contribution in [1.82, 2.24) is 24.9 Å². The molecule has 2 atom stereocenters. The number of carbonyl (C=O) groups excluding carboxylic acids is 1. The van der Waals surface area contributed by atoms with Crippen LogP contribution in [0.5, 0.6) is 0 Å². The Kier molecular flexibility index (Phi) is 5.30. The lowest BCUT2D eigenvalue weighted by Crippen LogP contribution is -2.31. The molecule has 4 heterocycles. The second kappa shape index (κ2) is 8.41. The molecule has 164 valence electrons. The van der Waals surface area contributed by atoms with Gasteiger partial charge < -0.3 is 14.6 Å². The summed E-state index contributed by atoms with van der Waals surface area (Å²) in [6.45, 7) is 5.16. The van der Waals surface area contributed by atoms with Crippen LogP contribution in [0, 0.1) is 0 Å². The Labute approximate surface area is 184 Å². The molecule has 5 rings (SSSR count). The minimum Gasteiger partial charge on any atom is -0.466 e. The first-order chi connectivity index (χ1) is 15.6. The highest BCUT2D eigenvalue weighted by Gasteiger charge is 2.26. The van der Waals surface area contributed by atoms with Gasteiger partial charge in [-0.2, -0.15) is 10.1 Å². The zero-order chi connectivity index (χ0) is 22.1. The van der Waals surface area contributed by atoms with Crippen molar-refractivity contribution in [2.45, 2.75) is 45.2 Å². The van der Waals surface area contributed by atoms with Crippen molar-refractivity contribution in [3.63, 3.8) is 0 Å². The third kappa shape index (κ3) is 3.70. The third-order valence-corrected chi connectivity index (χ3v) is 5.82. The highest BCUT2D eigenvalue weighted by molar-refractivity contribution is 5.96. The van der Waals surface area contributed by atoms with E-state index in [4.69, 9.17) is 9.26 Å². The predicted octanol–water partition coefficient (Wildman–Crippen LogP) is 3.77. The molecule has 0 saturated carbocycles. The lowest BCUT2D eigenvalue weighted by Gasteiger charge is -2.24. The van der Waals surface area contributed by atoms with Crippen molar-refractivity contribution in [3.05, 3.63) is 54.1 Å². The Morgan fingerprint density at radius 2 is 2.09 bits per heavy atom. The second-order valence-electron chi connectivity index (χ2n) is 7.89. The van der Waals surface area contributed by atoms with Crippen molar-refractivity contribution in [2.24, 2.45) is 0 Å². The number of nitrogens with zero attached hydrogens (tertiary/aromatic N) is 5. The molecule has 0 amide bonds. The van der Waals surface area contributed by atoms with Crippen molar-refractivity contribution in [2.75, 3.05) is 11.9 Å². The van der Waals surface area contributed by atoms with Crippen molar-refractivity contribution in [1.29, 1.82) is 0 Å². The fourth-order valence-electron chi connectivity index (χ4n) is 3.99. The third-order valence-electron chi connectivity index (χ3n) is 5.82. The number of aromatic nitrogens is 5. The van der Waals surface area contributed by atoms with E-state index in [0.29, 0.717) is 36.9 Å². The number of hydrogen-bond acceptors (Lipinski definition) is 8. The number of hydrogen-bond donors (Lipinski definition) is 1. The standard InChI is InChI=1S/C23H24N6O3/c1-3-29-22-17(13-25-29)20(26-16-9-10-31-19(30)11-16)18(12-24-22)23-27-21(28-32-23)14(2)15-7-5-4-6-8-15/h4-8,12-14,16H,3,9-11H2,1-2H3,(H,24,26). The maximum Gasteiger partial charge on any atom is 0.307 e. The van der Waals surface area contributed by atoms with Gasteiger partial charge in [0.05, 0.1) is 35.9 Å². The van der Waals surface area contributed by atoms with Gasteiger partial charge in [0, 0.05) is 31.1 Å². The second-order valence-corrected chi connectivity index (χ2v) is 7.89. The number of fused-ring (bicyclic) bond motifs is 1. The number of anilines is 1. The number of pyridine rings is 1. The molecule has 1 saturated heterocycles.